The molecule has 13 heteroatoms. The van der Waals surface area contributed by atoms with Gasteiger partial charge in [-0.15, -0.1) is 0 Å². The van der Waals surface area contributed by atoms with Crippen LogP contribution in [0.1, 0.15) is 53.4 Å². The number of aliphatic carboxylic acids is 2. The molecule has 0 saturated heterocycles. The zero-order chi connectivity index (χ0) is 25.9. The van der Waals surface area contributed by atoms with Crippen LogP contribution in [0.25, 0.3) is 0 Å². The van der Waals surface area contributed by atoms with E-state index in [1.807, 2.05) is 0 Å². The summed E-state index contributed by atoms with van der Waals surface area (Å²) >= 11 is 0. The van der Waals surface area contributed by atoms with Gasteiger partial charge in [-0.05, 0) is 24.7 Å². The summed E-state index contributed by atoms with van der Waals surface area (Å²) in [5.41, 5.74) is 10.8. The van der Waals surface area contributed by atoms with Gasteiger partial charge in [0.15, 0.2) is 0 Å². The number of carboxylic acid groups (broad SMARTS) is 2. The Bertz CT molecular complexity index is 740. The standard InChI is InChI=1S/C20H35N5O8/c1-9(2)15(22)18(30)23-11(6-8-14(27)28)17(29)25-16(10(3)4)19(31)24-12(20(32)33)5-7-13(21)26/h9-12,15-16H,5-8,22H2,1-4H3,(H2,21,26)(H,23,30)(H,24,31)(H,25,29)(H,27,28)(H,32,33). The van der Waals surface area contributed by atoms with Crippen molar-refractivity contribution >= 4 is 35.6 Å². The number of carbonyl (C=O) groups is 6. The highest BCUT2D eigenvalue weighted by Gasteiger charge is 2.32. The Labute approximate surface area is 192 Å². The predicted molar refractivity (Wildman–Crippen MR) is 116 cm³/mol. The van der Waals surface area contributed by atoms with Gasteiger partial charge in [-0.2, -0.15) is 0 Å². The number of carbonyl (C=O) groups excluding carboxylic acids is 4. The van der Waals surface area contributed by atoms with E-state index in [1.165, 1.54) is 0 Å². The molecule has 0 saturated carbocycles. The molecule has 0 fully saturated rings. The number of carboxylic acids is 2. The fourth-order valence-corrected chi connectivity index (χ4v) is 2.70. The zero-order valence-electron chi connectivity index (χ0n) is 19.3. The van der Waals surface area contributed by atoms with Crippen LogP contribution in [0.15, 0.2) is 0 Å². The Hall–Kier alpha value is -3.22. The van der Waals surface area contributed by atoms with Crippen LogP contribution in [0.3, 0.4) is 0 Å². The molecule has 0 bridgehead atoms. The first-order chi connectivity index (χ1) is 15.2. The number of primary amides is 1. The normalized spacial score (nSPS) is 14.6. The molecule has 0 aliphatic heterocycles. The lowest BCUT2D eigenvalue weighted by molar-refractivity contribution is -0.143. The second-order valence-corrected chi connectivity index (χ2v) is 8.40. The van der Waals surface area contributed by atoms with E-state index in [2.05, 4.69) is 16.0 Å². The fourth-order valence-electron chi connectivity index (χ4n) is 2.70. The first-order valence-electron chi connectivity index (χ1n) is 10.6. The molecule has 4 atom stereocenters. The average Bonchev–Trinajstić information content (AvgIpc) is 2.70. The lowest BCUT2D eigenvalue weighted by Crippen LogP contribution is -2.58. The monoisotopic (exact) mass is 473 g/mol. The van der Waals surface area contributed by atoms with Crippen LogP contribution in [0.2, 0.25) is 0 Å². The first-order valence-corrected chi connectivity index (χ1v) is 10.6. The van der Waals surface area contributed by atoms with Crippen molar-refractivity contribution in [3.05, 3.63) is 0 Å². The highest BCUT2D eigenvalue weighted by Crippen LogP contribution is 2.08. The Morgan fingerprint density at radius 2 is 1.24 bits per heavy atom. The van der Waals surface area contributed by atoms with Crippen molar-refractivity contribution in [2.24, 2.45) is 23.3 Å². The van der Waals surface area contributed by atoms with Crippen molar-refractivity contribution in [1.29, 1.82) is 0 Å². The lowest BCUT2D eigenvalue weighted by atomic mass is 10.0. The Morgan fingerprint density at radius 1 is 0.727 bits per heavy atom. The molecule has 0 rings (SSSR count). The van der Waals surface area contributed by atoms with Crippen molar-refractivity contribution in [1.82, 2.24) is 16.0 Å². The summed E-state index contributed by atoms with van der Waals surface area (Å²) < 4.78 is 0. The molecule has 0 aliphatic rings. The van der Waals surface area contributed by atoms with Gasteiger partial charge in [0.2, 0.25) is 23.6 Å². The second kappa shape index (κ2) is 14.0. The number of rotatable bonds is 15. The van der Waals surface area contributed by atoms with Gasteiger partial charge in [0.05, 0.1) is 6.04 Å². The van der Waals surface area contributed by atoms with Gasteiger partial charge in [-0.25, -0.2) is 4.79 Å². The van der Waals surface area contributed by atoms with Gasteiger partial charge in [0.1, 0.15) is 18.1 Å². The van der Waals surface area contributed by atoms with E-state index in [-0.39, 0.29) is 25.2 Å². The van der Waals surface area contributed by atoms with E-state index in [1.54, 1.807) is 27.7 Å². The molecule has 0 heterocycles. The van der Waals surface area contributed by atoms with Crippen molar-refractivity contribution in [2.45, 2.75) is 77.5 Å². The number of hydrogen-bond donors (Lipinski definition) is 7. The van der Waals surface area contributed by atoms with Crippen LogP contribution in [-0.4, -0.2) is 69.9 Å². The molecule has 33 heavy (non-hydrogen) atoms. The van der Waals surface area contributed by atoms with Crippen molar-refractivity contribution < 1.29 is 39.0 Å². The quantitative estimate of drug-likeness (QED) is 0.143. The average molecular weight is 474 g/mol. The largest absolute Gasteiger partial charge is 0.481 e. The van der Waals surface area contributed by atoms with Gasteiger partial charge < -0.3 is 37.6 Å². The fraction of sp³-hybridized carbons (Fsp3) is 0.700. The molecule has 4 amide bonds. The Morgan fingerprint density at radius 3 is 1.67 bits per heavy atom. The van der Waals surface area contributed by atoms with Gasteiger partial charge >= 0.3 is 11.9 Å². The minimum atomic E-state index is -1.41. The van der Waals surface area contributed by atoms with Crippen molar-refractivity contribution in [2.75, 3.05) is 0 Å². The van der Waals surface area contributed by atoms with E-state index in [0.717, 1.165) is 0 Å². The third-order valence-corrected chi connectivity index (χ3v) is 4.84. The van der Waals surface area contributed by atoms with E-state index in [0.29, 0.717) is 0 Å². The molecule has 4 unspecified atom stereocenters. The molecule has 0 aromatic rings. The van der Waals surface area contributed by atoms with E-state index < -0.39 is 72.1 Å². The van der Waals surface area contributed by atoms with Crippen molar-refractivity contribution in [3.63, 3.8) is 0 Å². The van der Waals surface area contributed by atoms with Gasteiger partial charge in [-0.1, -0.05) is 27.7 Å². The van der Waals surface area contributed by atoms with Crippen LogP contribution < -0.4 is 27.4 Å². The number of hydrogen-bond acceptors (Lipinski definition) is 7. The molecule has 13 nitrogen and oxygen atoms in total. The van der Waals surface area contributed by atoms with Gasteiger partial charge in [0.25, 0.3) is 0 Å². The SMILES string of the molecule is CC(C)C(N)C(=O)NC(CCC(=O)O)C(=O)NC(C(=O)NC(CCC(N)=O)C(=O)O)C(C)C. The molecule has 0 spiro atoms. The number of amides is 4. The van der Waals surface area contributed by atoms with E-state index >= 15 is 0 Å². The molecule has 188 valence electrons. The third-order valence-electron chi connectivity index (χ3n) is 4.84. The molecule has 0 aromatic carbocycles. The van der Waals surface area contributed by atoms with Crippen LogP contribution in [-0.2, 0) is 28.8 Å². The van der Waals surface area contributed by atoms with Gasteiger partial charge in [-0.3, -0.25) is 24.0 Å². The number of nitrogens with one attached hydrogen (secondary N) is 3. The maximum atomic E-state index is 12.8. The van der Waals surface area contributed by atoms with E-state index in [9.17, 15) is 33.9 Å². The lowest BCUT2D eigenvalue weighted by Gasteiger charge is -2.27. The summed E-state index contributed by atoms with van der Waals surface area (Å²) in [5.74, 6) is -6.33. The number of nitrogens with two attached hydrogens (primary N) is 2. The summed E-state index contributed by atoms with van der Waals surface area (Å²) in [6.07, 6.45) is -1.18. The summed E-state index contributed by atoms with van der Waals surface area (Å²) in [6.45, 7) is 6.60. The third kappa shape index (κ3) is 11.3. The summed E-state index contributed by atoms with van der Waals surface area (Å²) in [7, 11) is 0. The minimum absolute atomic E-state index is 0.237. The summed E-state index contributed by atoms with van der Waals surface area (Å²) in [4.78, 5) is 71.1. The summed E-state index contributed by atoms with van der Waals surface area (Å²) in [5, 5.41) is 25.3. The van der Waals surface area contributed by atoms with Crippen LogP contribution >= 0.6 is 0 Å². The second-order valence-electron chi connectivity index (χ2n) is 8.40. The van der Waals surface area contributed by atoms with Crippen LogP contribution in [0.4, 0.5) is 0 Å². The highest BCUT2D eigenvalue weighted by molar-refractivity contribution is 5.94. The Kier molecular flexibility index (Phi) is 12.7. The van der Waals surface area contributed by atoms with Crippen LogP contribution in [0, 0.1) is 11.8 Å². The van der Waals surface area contributed by atoms with E-state index in [4.69, 9.17) is 16.6 Å². The molecule has 0 radical (unpaired) electrons. The molecular weight excluding hydrogens is 438 g/mol. The molecule has 0 aromatic heterocycles. The first kappa shape index (κ1) is 29.8. The smallest absolute Gasteiger partial charge is 0.326 e. The molecular formula is C20H35N5O8. The zero-order valence-corrected chi connectivity index (χ0v) is 19.3. The molecule has 0 aliphatic carbocycles. The highest BCUT2D eigenvalue weighted by atomic mass is 16.4. The maximum absolute atomic E-state index is 12.8. The maximum Gasteiger partial charge on any atom is 0.326 e. The van der Waals surface area contributed by atoms with Crippen LogP contribution in [0.5, 0.6) is 0 Å². The Balaban J connectivity index is 5.49. The topological polar surface area (TPSA) is 231 Å². The molecule has 9 N–H and O–H groups in total. The minimum Gasteiger partial charge on any atom is -0.481 e. The van der Waals surface area contributed by atoms with Gasteiger partial charge in [0, 0.05) is 12.8 Å². The van der Waals surface area contributed by atoms with Crippen molar-refractivity contribution in [3.8, 4) is 0 Å². The summed E-state index contributed by atoms with van der Waals surface area (Å²) in [6, 6.07) is -4.82. The predicted octanol–water partition coefficient (Wildman–Crippen LogP) is -1.70.